The van der Waals surface area contributed by atoms with E-state index >= 15 is 0 Å². The third-order valence-electron chi connectivity index (χ3n) is 5.65. The number of fused-ring (bicyclic) bond motifs is 1. The minimum atomic E-state index is -0.918. The molecule has 1 amide bonds. The number of oxazole rings is 1. The number of anilines is 1. The van der Waals surface area contributed by atoms with Crippen molar-refractivity contribution in [1.29, 1.82) is 0 Å². The van der Waals surface area contributed by atoms with E-state index in [0.29, 0.717) is 40.8 Å². The van der Waals surface area contributed by atoms with E-state index < -0.39 is 12.1 Å². The topological polar surface area (TPSA) is 123 Å². The van der Waals surface area contributed by atoms with E-state index in [0.717, 1.165) is 16.5 Å². The summed E-state index contributed by atoms with van der Waals surface area (Å²) in [5.41, 5.74) is 3.53. The zero-order valence-electron chi connectivity index (χ0n) is 17.4. The molecule has 1 fully saturated rings. The van der Waals surface area contributed by atoms with Gasteiger partial charge in [0, 0.05) is 16.6 Å². The quantitative estimate of drug-likeness (QED) is 0.404. The summed E-state index contributed by atoms with van der Waals surface area (Å²) >= 11 is 0. The van der Waals surface area contributed by atoms with Gasteiger partial charge < -0.3 is 14.3 Å². The molecule has 3 heterocycles. The minimum absolute atomic E-state index is 0.0656. The first-order valence-electron chi connectivity index (χ1n) is 10.3. The van der Waals surface area contributed by atoms with Gasteiger partial charge in [0.15, 0.2) is 0 Å². The van der Waals surface area contributed by atoms with Crippen molar-refractivity contribution in [3.05, 3.63) is 66.0 Å². The number of para-hydroxylation sites is 1. The van der Waals surface area contributed by atoms with Crippen LogP contribution < -0.4 is 5.32 Å². The number of alkyl halides is 1. The van der Waals surface area contributed by atoms with Gasteiger partial charge in [-0.3, -0.25) is 9.89 Å². The lowest BCUT2D eigenvalue weighted by Gasteiger charge is -2.08. The average molecular weight is 444 g/mol. The maximum atomic E-state index is 13.3. The molecule has 0 unspecified atom stereocenters. The molecule has 0 bridgehead atoms. The molecule has 1 aliphatic carbocycles. The van der Waals surface area contributed by atoms with Crippen LogP contribution in [0.4, 0.5) is 10.1 Å². The highest BCUT2D eigenvalue weighted by atomic mass is 19.1. The number of hydrogen-bond acceptors (Lipinski definition) is 7. The predicted molar refractivity (Wildman–Crippen MR) is 116 cm³/mol. The highest BCUT2D eigenvalue weighted by Gasteiger charge is 2.43. The lowest BCUT2D eigenvalue weighted by atomic mass is 10.1. The van der Waals surface area contributed by atoms with Crippen LogP contribution >= 0.6 is 0 Å². The molecule has 10 heteroatoms. The van der Waals surface area contributed by atoms with Gasteiger partial charge in [0.2, 0.25) is 23.4 Å². The van der Waals surface area contributed by atoms with Gasteiger partial charge in [-0.15, -0.1) is 0 Å². The van der Waals surface area contributed by atoms with Crippen LogP contribution in [0, 0.1) is 6.92 Å². The number of benzene rings is 2. The third-order valence-corrected chi connectivity index (χ3v) is 5.65. The van der Waals surface area contributed by atoms with Gasteiger partial charge in [-0.1, -0.05) is 29.4 Å². The first kappa shape index (κ1) is 19.4. The fourth-order valence-corrected chi connectivity index (χ4v) is 3.65. The Morgan fingerprint density at radius 3 is 2.97 bits per heavy atom. The van der Waals surface area contributed by atoms with Crippen molar-refractivity contribution in [2.24, 2.45) is 0 Å². The van der Waals surface area contributed by atoms with Crippen LogP contribution in [0.3, 0.4) is 0 Å². The lowest BCUT2D eigenvalue weighted by Crippen LogP contribution is -2.12. The molecule has 2 atom stereocenters. The van der Waals surface area contributed by atoms with E-state index in [-0.39, 0.29) is 11.7 Å². The number of aryl methyl sites for hydroxylation is 1. The molecule has 9 nitrogen and oxygen atoms in total. The zero-order chi connectivity index (χ0) is 22.5. The molecule has 0 radical (unpaired) electrons. The van der Waals surface area contributed by atoms with Crippen molar-refractivity contribution in [2.75, 3.05) is 5.32 Å². The smallest absolute Gasteiger partial charge is 0.293 e. The summed E-state index contributed by atoms with van der Waals surface area (Å²) in [5, 5.41) is 14.7. The van der Waals surface area contributed by atoms with Crippen molar-refractivity contribution in [2.45, 2.75) is 25.4 Å². The second-order valence-electron chi connectivity index (χ2n) is 7.97. The minimum Gasteiger partial charge on any atom is -0.431 e. The molecule has 5 aromatic rings. The molecule has 0 spiro atoms. The van der Waals surface area contributed by atoms with Crippen molar-refractivity contribution in [3.63, 3.8) is 0 Å². The highest BCUT2D eigenvalue weighted by Crippen LogP contribution is 2.43. The van der Waals surface area contributed by atoms with Crippen LogP contribution in [0.15, 0.2) is 57.7 Å². The molecule has 6 rings (SSSR count). The summed E-state index contributed by atoms with van der Waals surface area (Å²) in [6, 6.07) is 11.0. The molecule has 2 N–H and O–H groups in total. The molecular formula is C23H17FN6O3. The second-order valence-corrected chi connectivity index (χ2v) is 7.97. The second kappa shape index (κ2) is 7.37. The number of amides is 1. The van der Waals surface area contributed by atoms with Gasteiger partial charge in [-0.05, 0) is 31.0 Å². The van der Waals surface area contributed by atoms with E-state index in [9.17, 15) is 9.18 Å². The fourth-order valence-electron chi connectivity index (χ4n) is 3.65. The monoisotopic (exact) mass is 444 g/mol. The summed E-state index contributed by atoms with van der Waals surface area (Å²) < 4.78 is 24.2. The predicted octanol–water partition coefficient (Wildman–Crippen LogP) is 4.65. The maximum Gasteiger partial charge on any atom is 0.293 e. The molecule has 0 saturated heterocycles. The van der Waals surface area contributed by atoms with Crippen LogP contribution in [-0.4, -0.2) is 37.4 Å². The Morgan fingerprint density at radius 2 is 2.12 bits per heavy atom. The van der Waals surface area contributed by atoms with Crippen molar-refractivity contribution in [3.8, 4) is 22.8 Å². The number of aromatic amines is 1. The van der Waals surface area contributed by atoms with E-state index in [2.05, 4.69) is 30.6 Å². The summed E-state index contributed by atoms with van der Waals surface area (Å²) in [4.78, 5) is 21.4. The SMILES string of the molecule is Cc1ccc(-c2noc([C@H]3C[C@@H]3F)n2)cc1NC(=O)c1cnc(-c2cccc3cn[nH]c23)o1. The van der Waals surface area contributed by atoms with Gasteiger partial charge in [0.1, 0.15) is 6.17 Å². The number of halogens is 1. The summed E-state index contributed by atoms with van der Waals surface area (Å²) in [5.74, 6) is 0.253. The molecule has 1 aliphatic rings. The van der Waals surface area contributed by atoms with E-state index in [1.54, 1.807) is 12.3 Å². The van der Waals surface area contributed by atoms with Gasteiger partial charge in [-0.2, -0.15) is 10.1 Å². The number of nitrogens with zero attached hydrogens (tertiary/aromatic N) is 4. The van der Waals surface area contributed by atoms with E-state index in [4.69, 9.17) is 8.94 Å². The van der Waals surface area contributed by atoms with Crippen LogP contribution in [-0.2, 0) is 0 Å². The first-order valence-corrected chi connectivity index (χ1v) is 10.3. The molecule has 1 saturated carbocycles. The standard InChI is InChI=1S/C23H17FN6O3/c1-11-5-6-12(20-28-23(33-30-20)15-8-16(15)24)7-17(11)27-21(31)18-10-25-22(32-18)14-4-2-3-13-9-26-29-19(13)14/h2-7,9-10,15-16H,8H2,1H3,(H,26,29)(H,27,31)/t15-,16-/m0/s1. The average Bonchev–Trinajstić information content (AvgIpc) is 3.29. The van der Waals surface area contributed by atoms with Gasteiger partial charge in [-0.25, -0.2) is 9.37 Å². The normalized spacial score (nSPS) is 17.4. The lowest BCUT2D eigenvalue weighted by molar-refractivity contribution is 0.0997. The number of aromatic nitrogens is 5. The Labute approximate surface area is 186 Å². The number of nitrogens with one attached hydrogen (secondary N) is 2. The number of hydrogen-bond donors (Lipinski definition) is 2. The van der Waals surface area contributed by atoms with Gasteiger partial charge in [0.05, 0.1) is 29.4 Å². The van der Waals surface area contributed by atoms with Crippen molar-refractivity contribution < 1.29 is 18.1 Å². The maximum absolute atomic E-state index is 13.3. The Morgan fingerprint density at radius 1 is 1.24 bits per heavy atom. The van der Waals surface area contributed by atoms with Gasteiger partial charge in [0.25, 0.3) is 5.91 Å². The molecule has 33 heavy (non-hydrogen) atoms. The Balaban J connectivity index is 1.24. The Kier molecular flexibility index (Phi) is 4.32. The molecule has 0 aliphatic heterocycles. The molecule has 2 aromatic carbocycles. The first-order chi connectivity index (χ1) is 16.1. The fraction of sp³-hybridized carbons (Fsp3) is 0.174. The summed E-state index contributed by atoms with van der Waals surface area (Å²) in [6.07, 6.45) is 2.58. The zero-order valence-corrected chi connectivity index (χ0v) is 17.4. The van der Waals surface area contributed by atoms with Crippen LogP contribution in [0.1, 0.15) is 34.3 Å². The highest BCUT2D eigenvalue weighted by molar-refractivity contribution is 6.03. The Hall–Kier alpha value is -4.34. The van der Waals surface area contributed by atoms with Gasteiger partial charge >= 0.3 is 0 Å². The molecular weight excluding hydrogens is 427 g/mol. The summed E-state index contributed by atoms with van der Waals surface area (Å²) in [6.45, 7) is 1.86. The number of H-pyrrole nitrogens is 1. The van der Waals surface area contributed by atoms with Crippen molar-refractivity contribution >= 4 is 22.5 Å². The van der Waals surface area contributed by atoms with Crippen molar-refractivity contribution in [1.82, 2.24) is 25.3 Å². The van der Waals surface area contributed by atoms with E-state index in [1.807, 2.05) is 37.3 Å². The molecule has 164 valence electrons. The van der Waals surface area contributed by atoms with E-state index in [1.165, 1.54) is 6.20 Å². The number of carbonyl (C=O) groups excluding carboxylic acids is 1. The number of carbonyl (C=O) groups is 1. The largest absolute Gasteiger partial charge is 0.431 e. The van der Waals surface area contributed by atoms with Crippen LogP contribution in [0.2, 0.25) is 0 Å². The Bertz CT molecular complexity index is 1500. The van der Waals surface area contributed by atoms with Crippen LogP contribution in [0.25, 0.3) is 33.7 Å². The molecule has 3 aromatic heterocycles. The third kappa shape index (κ3) is 3.45. The van der Waals surface area contributed by atoms with Crippen LogP contribution in [0.5, 0.6) is 0 Å². The number of rotatable bonds is 5. The summed E-state index contributed by atoms with van der Waals surface area (Å²) in [7, 11) is 0.